The van der Waals surface area contributed by atoms with Gasteiger partial charge in [0.05, 0.1) is 26.4 Å². The van der Waals surface area contributed by atoms with Crippen LogP contribution in [-0.4, -0.2) is 25.9 Å². The predicted molar refractivity (Wildman–Crippen MR) is 68.7 cm³/mol. The van der Waals surface area contributed by atoms with Gasteiger partial charge in [-0.15, -0.1) is 0 Å². The van der Waals surface area contributed by atoms with E-state index in [0.29, 0.717) is 26.4 Å². The number of benzene rings is 1. The Labute approximate surface area is 111 Å². The summed E-state index contributed by atoms with van der Waals surface area (Å²) < 4.78 is 16.2. The monoisotopic (exact) mass is 263 g/mol. The molecule has 2 aliphatic heterocycles. The molecule has 0 atom stereocenters. The molecule has 102 valence electrons. The van der Waals surface area contributed by atoms with Crippen LogP contribution in [0.5, 0.6) is 11.5 Å². The highest BCUT2D eigenvalue weighted by molar-refractivity contribution is 5.68. The fraction of sp³-hybridized carbons (Fsp3) is 0.500. The number of alkyl carbamates (subject to hydrolysis) is 1. The Kier molecular flexibility index (Phi) is 3.19. The van der Waals surface area contributed by atoms with Crippen LogP contribution in [-0.2, 0) is 24.1 Å². The Hall–Kier alpha value is -1.91. The van der Waals surface area contributed by atoms with Crippen molar-refractivity contribution in [2.45, 2.75) is 26.3 Å². The van der Waals surface area contributed by atoms with Gasteiger partial charge in [0.1, 0.15) is 11.5 Å². The first-order valence-corrected chi connectivity index (χ1v) is 6.63. The molecule has 0 spiro atoms. The van der Waals surface area contributed by atoms with Crippen molar-refractivity contribution in [3.8, 4) is 11.5 Å². The second kappa shape index (κ2) is 4.99. The van der Waals surface area contributed by atoms with Gasteiger partial charge in [-0.2, -0.15) is 0 Å². The summed E-state index contributed by atoms with van der Waals surface area (Å²) in [5.41, 5.74) is 3.36. The second-order valence-corrected chi connectivity index (χ2v) is 4.59. The third-order valence-corrected chi connectivity index (χ3v) is 3.45. The molecule has 5 heteroatoms. The van der Waals surface area contributed by atoms with Crippen LogP contribution in [0.1, 0.15) is 23.6 Å². The SMILES string of the molecule is CCOC(=O)NCc1c2c(cc3c1OCC3)OCC2. The van der Waals surface area contributed by atoms with Gasteiger partial charge in [0, 0.05) is 29.5 Å². The zero-order valence-electron chi connectivity index (χ0n) is 11.0. The number of carbonyl (C=O) groups excluding carboxylic acids is 1. The molecule has 1 aromatic rings. The van der Waals surface area contributed by atoms with Crippen molar-refractivity contribution in [3.05, 3.63) is 22.8 Å². The van der Waals surface area contributed by atoms with Crippen LogP contribution in [0.15, 0.2) is 6.07 Å². The summed E-state index contributed by atoms with van der Waals surface area (Å²) in [7, 11) is 0. The molecule has 2 heterocycles. The van der Waals surface area contributed by atoms with Crippen LogP contribution in [0.2, 0.25) is 0 Å². The lowest BCUT2D eigenvalue weighted by Gasteiger charge is -2.13. The fourth-order valence-electron chi connectivity index (χ4n) is 2.61. The molecule has 2 aliphatic rings. The van der Waals surface area contributed by atoms with E-state index in [4.69, 9.17) is 14.2 Å². The van der Waals surface area contributed by atoms with E-state index in [1.165, 1.54) is 5.56 Å². The molecule has 3 rings (SSSR count). The maximum absolute atomic E-state index is 11.4. The Bertz CT molecular complexity index is 480. The van der Waals surface area contributed by atoms with Gasteiger partial charge >= 0.3 is 6.09 Å². The van der Waals surface area contributed by atoms with Gasteiger partial charge < -0.3 is 19.5 Å². The molecule has 0 saturated heterocycles. The van der Waals surface area contributed by atoms with Crippen molar-refractivity contribution < 1.29 is 19.0 Å². The van der Waals surface area contributed by atoms with Crippen LogP contribution in [0.25, 0.3) is 0 Å². The highest BCUT2D eigenvalue weighted by Gasteiger charge is 2.26. The lowest BCUT2D eigenvalue weighted by atomic mass is 9.99. The summed E-state index contributed by atoms with van der Waals surface area (Å²) in [6.45, 7) is 3.98. The van der Waals surface area contributed by atoms with Gasteiger partial charge in [0.25, 0.3) is 0 Å². The number of ether oxygens (including phenoxy) is 3. The Morgan fingerprint density at radius 2 is 2.21 bits per heavy atom. The van der Waals surface area contributed by atoms with Gasteiger partial charge in [-0.1, -0.05) is 0 Å². The van der Waals surface area contributed by atoms with Crippen LogP contribution in [0.3, 0.4) is 0 Å². The highest BCUT2D eigenvalue weighted by Crippen LogP contribution is 2.40. The van der Waals surface area contributed by atoms with Gasteiger partial charge in [-0.3, -0.25) is 0 Å². The predicted octanol–water partition coefficient (Wildman–Crippen LogP) is 1.80. The van der Waals surface area contributed by atoms with Crippen molar-refractivity contribution in [2.24, 2.45) is 0 Å². The summed E-state index contributed by atoms with van der Waals surface area (Å²) in [5.74, 6) is 1.85. The molecular formula is C14H17NO4. The largest absolute Gasteiger partial charge is 0.493 e. The number of hydrogen-bond acceptors (Lipinski definition) is 4. The van der Waals surface area contributed by atoms with Crippen molar-refractivity contribution in [3.63, 3.8) is 0 Å². The molecule has 0 aliphatic carbocycles. The summed E-state index contributed by atoms with van der Waals surface area (Å²) in [4.78, 5) is 11.4. The number of fused-ring (bicyclic) bond motifs is 2. The van der Waals surface area contributed by atoms with Gasteiger partial charge in [0.2, 0.25) is 0 Å². The van der Waals surface area contributed by atoms with E-state index >= 15 is 0 Å². The van der Waals surface area contributed by atoms with E-state index in [-0.39, 0.29) is 0 Å². The number of hydrogen-bond donors (Lipinski definition) is 1. The van der Waals surface area contributed by atoms with Crippen molar-refractivity contribution in [1.29, 1.82) is 0 Å². The summed E-state index contributed by atoms with van der Waals surface area (Å²) in [5, 5.41) is 2.76. The third-order valence-electron chi connectivity index (χ3n) is 3.45. The number of nitrogens with one attached hydrogen (secondary N) is 1. The molecular weight excluding hydrogens is 246 g/mol. The van der Waals surface area contributed by atoms with Crippen LogP contribution in [0.4, 0.5) is 4.79 Å². The van der Waals surface area contributed by atoms with Crippen LogP contribution >= 0.6 is 0 Å². The van der Waals surface area contributed by atoms with E-state index in [0.717, 1.165) is 35.5 Å². The van der Waals surface area contributed by atoms with Gasteiger partial charge in [0.15, 0.2) is 0 Å². The molecule has 0 aromatic heterocycles. The summed E-state index contributed by atoms with van der Waals surface area (Å²) in [6.07, 6.45) is 1.37. The molecule has 5 nitrogen and oxygen atoms in total. The first-order chi connectivity index (χ1) is 9.29. The van der Waals surface area contributed by atoms with Crippen LogP contribution in [0, 0.1) is 0 Å². The summed E-state index contributed by atoms with van der Waals surface area (Å²) >= 11 is 0. The highest BCUT2D eigenvalue weighted by atomic mass is 16.5. The number of carbonyl (C=O) groups is 1. The Balaban J connectivity index is 1.85. The molecule has 19 heavy (non-hydrogen) atoms. The molecule has 0 unspecified atom stereocenters. The number of rotatable bonds is 3. The van der Waals surface area contributed by atoms with Crippen molar-refractivity contribution in [2.75, 3.05) is 19.8 Å². The van der Waals surface area contributed by atoms with E-state index in [2.05, 4.69) is 11.4 Å². The molecule has 0 bridgehead atoms. The van der Waals surface area contributed by atoms with E-state index in [1.54, 1.807) is 6.92 Å². The quantitative estimate of drug-likeness (QED) is 0.903. The minimum Gasteiger partial charge on any atom is -0.493 e. The van der Waals surface area contributed by atoms with Crippen LogP contribution < -0.4 is 14.8 Å². The molecule has 0 fully saturated rings. The second-order valence-electron chi connectivity index (χ2n) is 4.59. The summed E-state index contributed by atoms with van der Waals surface area (Å²) in [6, 6.07) is 2.07. The average Bonchev–Trinajstić information content (AvgIpc) is 3.02. The maximum Gasteiger partial charge on any atom is 0.407 e. The molecule has 1 aromatic carbocycles. The molecule has 0 saturated carbocycles. The lowest BCUT2D eigenvalue weighted by molar-refractivity contribution is 0.151. The topological polar surface area (TPSA) is 56.8 Å². The van der Waals surface area contributed by atoms with E-state index in [9.17, 15) is 4.79 Å². The molecule has 1 amide bonds. The standard InChI is InChI=1S/C14H17NO4/c1-2-17-14(16)15-8-11-10-4-6-18-12(10)7-9-3-5-19-13(9)11/h7H,2-6,8H2,1H3,(H,15,16). The maximum atomic E-state index is 11.4. The number of amides is 1. The first-order valence-electron chi connectivity index (χ1n) is 6.63. The molecule has 0 radical (unpaired) electrons. The average molecular weight is 263 g/mol. The van der Waals surface area contributed by atoms with Crippen molar-refractivity contribution >= 4 is 6.09 Å². The fourth-order valence-corrected chi connectivity index (χ4v) is 2.61. The lowest BCUT2D eigenvalue weighted by Crippen LogP contribution is -2.24. The van der Waals surface area contributed by atoms with Crippen molar-refractivity contribution in [1.82, 2.24) is 5.32 Å². The third kappa shape index (κ3) is 2.20. The normalized spacial score (nSPS) is 15.2. The van der Waals surface area contributed by atoms with E-state index < -0.39 is 6.09 Å². The zero-order valence-corrected chi connectivity index (χ0v) is 11.0. The Morgan fingerprint density at radius 1 is 1.37 bits per heavy atom. The minimum atomic E-state index is -0.397. The molecule has 1 N–H and O–H groups in total. The van der Waals surface area contributed by atoms with Gasteiger partial charge in [-0.05, 0) is 13.0 Å². The minimum absolute atomic E-state index is 0.371. The smallest absolute Gasteiger partial charge is 0.407 e. The van der Waals surface area contributed by atoms with Gasteiger partial charge in [-0.25, -0.2) is 4.79 Å². The van der Waals surface area contributed by atoms with E-state index in [1.807, 2.05) is 0 Å². The zero-order chi connectivity index (χ0) is 13.2. The first kappa shape index (κ1) is 12.1. The Morgan fingerprint density at radius 3 is 3.05 bits per heavy atom.